The van der Waals surface area contributed by atoms with E-state index in [1.165, 1.54) is 24.1 Å². The van der Waals surface area contributed by atoms with Crippen LogP contribution >= 0.6 is 0 Å². The van der Waals surface area contributed by atoms with Crippen LogP contribution in [0.25, 0.3) is 5.57 Å². The number of nitrogens with one attached hydrogen (secondary N) is 1. The van der Waals surface area contributed by atoms with Gasteiger partial charge in [-0.1, -0.05) is 24.3 Å². The van der Waals surface area contributed by atoms with E-state index in [1.54, 1.807) is 6.92 Å². The number of hydrogen-bond donors (Lipinski definition) is 1. The van der Waals surface area contributed by atoms with Gasteiger partial charge in [-0.3, -0.25) is 9.29 Å². The average molecular weight is 511 g/mol. The number of benzene rings is 2. The molecule has 2 aromatic rings. The molecule has 4 nitrogen and oxygen atoms in total. The van der Waals surface area contributed by atoms with E-state index in [2.05, 4.69) is 5.32 Å². The normalized spacial score (nSPS) is 19.9. The van der Waals surface area contributed by atoms with Gasteiger partial charge >= 0.3 is 6.18 Å². The van der Waals surface area contributed by atoms with Crippen molar-refractivity contribution in [3.8, 4) is 11.5 Å². The number of alkyl halides is 4. The Morgan fingerprint density at radius 2 is 1.83 bits per heavy atom. The molecule has 0 amide bonds. The van der Waals surface area contributed by atoms with Crippen molar-refractivity contribution in [2.75, 3.05) is 40.0 Å². The average Bonchev–Trinajstić information content (AvgIpc) is 3.20. The van der Waals surface area contributed by atoms with Crippen LogP contribution in [0, 0.1) is 5.82 Å². The van der Waals surface area contributed by atoms with Crippen LogP contribution in [0.5, 0.6) is 11.5 Å². The summed E-state index contributed by atoms with van der Waals surface area (Å²) in [6.45, 7) is 1.13. The molecule has 0 bridgehead atoms. The number of hydrogen-bond acceptors (Lipinski definition) is 4. The van der Waals surface area contributed by atoms with Crippen molar-refractivity contribution in [3.63, 3.8) is 0 Å². The SMILES string of the molecule is COc1ccc(OCCNCCCF)c(F)c1[C@@H]1C2=C(C[C@@H](C)N1CC(F)(F)F)c1ccccc1C2. The summed E-state index contributed by atoms with van der Waals surface area (Å²) in [5, 5.41) is 3.00. The lowest BCUT2D eigenvalue weighted by Crippen LogP contribution is -2.46. The Morgan fingerprint density at radius 3 is 2.56 bits per heavy atom. The minimum Gasteiger partial charge on any atom is -0.496 e. The molecule has 196 valence electrons. The first-order chi connectivity index (χ1) is 17.2. The van der Waals surface area contributed by atoms with Crippen molar-refractivity contribution in [2.45, 2.75) is 44.4 Å². The van der Waals surface area contributed by atoms with Crippen molar-refractivity contribution >= 4 is 5.57 Å². The van der Waals surface area contributed by atoms with E-state index in [1.807, 2.05) is 24.3 Å². The Labute approximate surface area is 208 Å². The molecule has 1 aliphatic heterocycles. The summed E-state index contributed by atoms with van der Waals surface area (Å²) < 4.78 is 80.6. The zero-order valence-electron chi connectivity index (χ0n) is 20.4. The van der Waals surface area contributed by atoms with Gasteiger partial charge in [0, 0.05) is 12.6 Å². The molecule has 36 heavy (non-hydrogen) atoms. The Balaban J connectivity index is 1.74. The van der Waals surface area contributed by atoms with Crippen LogP contribution in [0.15, 0.2) is 42.0 Å². The first-order valence-corrected chi connectivity index (χ1v) is 12.1. The summed E-state index contributed by atoms with van der Waals surface area (Å²) in [4.78, 5) is 1.33. The molecular formula is C27H31F5N2O2. The molecule has 1 heterocycles. The standard InChI is InChI=1S/C27H31F5N2O2/c1-17-14-20-19-7-4-3-6-18(19)15-21(20)26(34(17)16-27(30,31)32)24-22(35-2)8-9-23(25(24)29)36-13-12-33-11-5-10-28/h3-4,6-9,17,26,33H,5,10-16H2,1-2H3/t17-,26+/m1/s1. The van der Waals surface area contributed by atoms with Gasteiger partial charge in [0.2, 0.25) is 0 Å². The summed E-state index contributed by atoms with van der Waals surface area (Å²) in [6, 6.07) is 9.29. The fourth-order valence-electron chi connectivity index (χ4n) is 5.27. The molecule has 0 fully saturated rings. The number of fused-ring (bicyclic) bond motifs is 2. The molecule has 4 rings (SSSR count). The predicted octanol–water partition coefficient (Wildman–Crippen LogP) is 5.87. The van der Waals surface area contributed by atoms with E-state index in [9.17, 15) is 17.6 Å². The lowest BCUT2D eigenvalue weighted by atomic mass is 9.84. The summed E-state index contributed by atoms with van der Waals surface area (Å²) in [7, 11) is 1.38. The molecule has 1 N–H and O–H groups in total. The second-order valence-electron chi connectivity index (χ2n) is 9.22. The van der Waals surface area contributed by atoms with Crippen LogP contribution in [0.2, 0.25) is 0 Å². The highest BCUT2D eigenvalue weighted by Crippen LogP contribution is 2.52. The van der Waals surface area contributed by atoms with Crippen LogP contribution in [0.3, 0.4) is 0 Å². The largest absolute Gasteiger partial charge is 0.496 e. The van der Waals surface area contributed by atoms with E-state index in [4.69, 9.17) is 9.47 Å². The van der Waals surface area contributed by atoms with Crippen molar-refractivity contribution in [1.82, 2.24) is 10.2 Å². The van der Waals surface area contributed by atoms with Gasteiger partial charge in [-0.25, -0.2) is 4.39 Å². The molecule has 2 aliphatic rings. The van der Waals surface area contributed by atoms with Crippen molar-refractivity contribution in [3.05, 3.63) is 64.5 Å². The van der Waals surface area contributed by atoms with Gasteiger partial charge in [-0.05, 0) is 67.1 Å². The smallest absolute Gasteiger partial charge is 0.401 e. The summed E-state index contributed by atoms with van der Waals surface area (Å²) in [6.07, 6.45) is -3.19. The fraction of sp³-hybridized carbons (Fsp3) is 0.481. The van der Waals surface area contributed by atoms with Gasteiger partial charge in [-0.2, -0.15) is 13.2 Å². The van der Waals surface area contributed by atoms with Crippen LogP contribution in [-0.4, -0.2) is 57.1 Å². The Hall–Kier alpha value is -2.65. The van der Waals surface area contributed by atoms with Crippen molar-refractivity contribution < 1.29 is 31.4 Å². The summed E-state index contributed by atoms with van der Waals surface area (Å²) >= 11 is 0. The number of nitrogens with zero attached hydrogens (tertiary/aromatic N) is 1. The number of rotatable bonds is 10. The molecule has 0 spiro atoms. The Morgan fingerprint density at radius 1 is 1.08 bits per heavy atom. The maximum absolute atomic E-state index is 16.0. The van der Waals surface area contributed by atoms with Gasteiger partial charge in [0.25, 0.3) is 0 Å². The molecule has 9 heteroatoms. The predicted molar refractivity (Wildman–Crippen MR) is 129 cm³/mol. The molecule has 1 aliphatic carbocycles. The molecular weight excluding hydrogens is 479 g/mol. The monoisotopic (exact) mass is 510 g/mol. The van der Waals surface area contributed by atoms with E-state index >= 15 is 4.39 Å². The summed E-state index contributed by atoms with van der Waals surface area (Å²) in [5.74, 6) is -0.608. The molecule has 0 saturated heterocycles. The maximum atomic E-state index is 16.0. The highest BCUT2D eigenvalue weighted by atomic mass is 19.4. The maximum Gasteiger partial charge on any atom is 0.401 e. The van der Waals surface area contributed by atoms with Gasteiger partial charge in [-0.15, -0.1) is 0 Å². The third-order valence-electron chi connectivity index (χ3n) is 6.82. The third-order valence-corrected chi connectivity index (χ3v) is 6.82. The first kappa shape index (κ1) is 26.4. The second-order valence-corrected chi connectivity index (χ2v) is 9.22. The topological polar surface area (TPSA) is 33.7 Å². The Kier molecular flexibility index (Phi) is 8.20. The van der Waals surface area contributed by atoms with Crippen LogP contribution < -0.4 is 14.8 Å². The molecule has 2 atom stereocenters. The lowest BCUT2D eigenvalue weighted by molar-refractivity contribution is -0.155. The highest BCUT2D eigenvalue weighted by Gasteiger charge is 2.45. The van der Waals surface area contributed by atoms with E-state index in [-0.39, 0.29) is 23.7 Å². The zero-order valence-corrected chi connectivity index (χ0v) is 20.4. The molecule has 0 radical (unpaired) electrons. The lowest BCUT2D eigenvalue weighted by Gasteiger charge is -2.43. The minimum absolute atomic E-state index is 0.0523. The van der Waals surface area contributed by atoms with Gasteiger partial charge < -0.3 is 14.8 Å². The van der Waals surface area contributed by atoms with Crippen LogP contribution in [0.4, 0.5) is 22.0 Å². The van der Waals surface area contributed by atoms with Gasteiger partial charge in [0.05, 0.1) is 31.9 Å². The van der Waals surface area contributed by atoms with Crippen LogP contribution in [-0.2, 0) is 6.42 Å². The third kappa shape index (κ3) is 5.52. The zero-order chi connectivity index (χ0) is 25.9. The number of halogens is 5. The van der Waals surface area contributed by atoms with E-state index in [0.717, 1.165) is 22.3 Å². The molecule has 2 aromatic carbocycles. The van der Waals surface area contributed by atoms with E-state index < -0.39 is 37.3 Å². The Bertz CT molecular complexity index is 1100. The van der Waals surface area contributed by atoms with Gasteiger partial charge in [0.1, 0.15) is 12.4 Å². The minimum atomic E-state index is -4.46. The number of ether oxygens (including phenoxy) is 2. The molecule has 0 unspecified atom stereocenters. The van der Waals surface area contributed by atoms with E-state index in [0.29, 0.717) is 32.4 Å². The number of methoxy groups -OCH3 is 1. The first-order valence-electron chi connectivity index (χ1n) is 12.1. The summed E-state index contributed by atoms with van der Waals surface area (Å²) in [5.41, 5.74) is 3.84. The van der Waals surface area contributed by atoms with Crippen LogP contribution in [0.1, 0.15) is 42.5 Å². The second kappa shape index (κ2) is 11.2. The van der Waals surface area contributed by atoms with Gasteiger partial charge in [0.15, 0.2) is 11.6 Å². The van der Waals surface area contributed by atoms with Crippen molar-refractivity contribution in [1.29, 1.82) is 0 Å². The van der Waals surface area contributed by atoms with Crippen molar-refractivity contribution in [2.24, 2.45) is 0 Å². The fourth-order valence-corrected chi connectivity index (χ4v) is 5.27. The molecule has 0 saturated carbocycles. The quantitative estimate of drug-likeness (QED) is 0.320. The highest BCUT2D eigenvalue weighted by molar-refractivity contribution is 5.79. The molecule has 0 aromatic heterocycles.